The molecule has 0 amide bonds. The molecule has 3 N–H and O–H groups in total. The van der Waals surface area contributed by atoms with Gasteiger partial charge in [-0.1, -0.05) is 48.0 Å². The van der Waals surface area contributed by atoms with Crippen LogP contribution in [0.5, 0.6) is 5.75 Å². The van der Waals surface area contributed by atoms with Crippen LogP contribution in [-0.2, 0) is 12.8 Å². The summed E-state index contributed by atoms with van der Waals surface area (Å²) >= 11 is 0. The van der Waals surface area contributed by atoms with Gasteiger partial charge in [-0.3, -0.25) is 11.3 Å². The SMILES string of the molecule is Cc1cccc(CCC(NN)c2cccc3c2OCC3)c1. The quantitative estimate of drug-likeness (QED) is 0.654. The number of aryl methyl sites for hydroxylation is 2. The zero-order chi connectivity index (χ0) is 14.7. The molecule has 0 radical (unpaired) electrons. The van der Waals surface area contributed by atoms with Crippen LogP contribution in [0.2, 0.25) is 0 Å². The predicted octanol–water partition coefficient (Wildman–Crippen LogP) is 3.07. The maximum absolute atomic E-state index is 5.79. The number of hydrogen-bond acceptors (Lipinski definition) is 3. The molecule has 0 bridgehead atoms. The molecule has 2 aromatic rings. The van der Waals surface area contributed by atoms with Crippen molar-refractivity contribution >= 4 is 0 Å². The third kappa shape index (κ3) is 3.09. The van der Waals surface area contributed by atoms with Gasteiger partial charge in [0.25, 0.3) is 0 Å². The minimum absolute atomic E-state index is 0.124. The Labute approximate surface area is 126 Å². The first-order valence-electron chi connectivity index (χ1n) is 7.54. The van der Waals surface area contributed by atoms with E-state index in [1.165, 1.54) is 22.3 Å². The van der Waals surface area contributed by atoms with Crippen LogP contribution in [0.25, 0.3) is 0 Å². The van der Waals surface area contributed by atoms with Gasteiger partial charge in [0.1, 0.15) is 5.75 Å². The van der Waals surface area contributed by atoms with E-state index in [4.69, 9.17) is 10.6 Å². The van der Waals surface area contributed by atoms with Gasteiger partial charge in [0.2, 0.25) is 0 Å². The summed E-state index contributed by atoms with van der Waals surface area (Å²) < 4.78 is 5.79. The summed E-state index contributed by atoms with van der Waals surface area (Å²) in [6, 6.07) is 15.1. The summed E-state index contributed by atoms with van der Waals surface area (Å²) in [5, 5.41) is 0. The molecule has 1 heterocycles. The first-order valence-corrected chi connectivity index (χ1v) is 7.54. The van der Waals surface area contributed by atoms with E-state index in [1.807, 2.05) is 0 Å². The largest absolute Gasteiger partial charge is 0.493 e. The molecule has 1 atom stereocenters. The maximum Gasteiger partial charge on any atom is 0.127 e. The van der Waals surface area contributed by atoms with Gasteiger partial charge in [-0.2, -0.15) is 0 Å². The summed E-state index contributed by atoms with van der Waals surface area (Å²) in [5.41, 5.74) is 8.08. The molecule has 0 saturated carbocycles. The molecule has 0 fully saturated rings. The Hall–Kier alpha value is -1.84. The molecule has 1 aliphatic rings. The first-order chi connectivity index (χ1) is 10.3. The van der Waals surface area contributed by atoms with Crippen LogP contribution in [-0.4, -0.2) is 6.61 Å². The Kier molecular flexibility index (Phi) is 4.23. The van der Waals surface area contributed by atoms with Crippen molar-refractivity contribution in [2.24, 2.45) is 5.84 Å². The lowest BCUT2D eigenvalue weighted by Crippen LogP contribution is -2.28. The third-order valence-corrected chi connectivity index (χ3v) is 4.13. The van der Waals surface area contributed by atoms with Crippen molar-refractivity contribution in [3.63, 3.8) is 0 Å². The smallest absolute Gasteiger partial charge is 0.127 e. The van der Waals surface area contributed by atoms with Gasteiger partial charge >= 0.3 is 0 Å². The highest BCUT2D eigenvalue weighted by atomic mass is 16.5. The van der Waals surface area contributed by atoms with Gasteiger partial charge in [-0.15, -0.1) is 0 Å². The molecule has 0 saturated heterocycles. The van der Waals surface area contributed by atoms with Gasteiger partial charge in [-0.05, 0) is 30.9 Å². The number of ether oxygens (including phenoxy) is 1. The predicted molar refractivity (Wildman–Crippen MR) is 85.2 cm³/mol. The number of nitrogens with two attached hydrogens (primary N) is 1. The van der Waals surface area contributed by atoms with Crippen LogP contribution in [0.15, 0.2) is 42.5 Å². The van der Waals surface area contributed by atoms with E-state index in [1.54, 1.807) is 0 Å². The van der Waals surface area contributed by atoms with Gasteiger partial charge in [0.05, 0.1) is 6.61 Å². The zero-order valence-corrected chi connectivity index (χ0v) is 12.4. The average Bonchev–Trinajstić information content (AvgIpc) is 2.97. The second-order valence-corrected chi connectivity index (χ2v) is 5.68. The molecular formula is C18H22N2O. The van der Waals surface area contributed by atoms with E-state index in [-0.39, 0.29) is 6.04 Å². The maximum atomic E-state index is 5.79. The molecule has 0 aromatic heterocycles. The number of nitrogens with one attached hydrogen (secondary N) is 1. The Morgan fingerprint density at radius 1 is 1.24 bits per heavy atom. The van der Waals surface area contributed by atoms with Crippen molar-refractivity contribution in [2.75, 3.05) is 6.61 Å². The van der Waals surface area contributed by atoms with Crippen molar-refractivity contribution < 1.29 is 4.74 Å². The summed E-state index contributed by atoms with van der Waals surface area (Å²) in [4.78, 5) is 0. The first kappa shape index (κ1) is 14.1. The van der Waals surface area contributed by atoms with E-state index in [2.05, 4.69) is 54.8 Å². The highest BCUT2D eigenvalue weighted by Crippen LogP contribution is 2.34. The van der Waals surface area contributed by atoms with Crippen LogP contribution < -0.4 is 16.0 Å². The van der Waals surface area contributed by atoms with Crippen LogP contribution in [0.4, 0.5) is 0 Å². The van der Waals surface area contributed by atoms with Gasteiger partial charge in [0, 0.05) is 18.0 Å². The Balaban J connectivity index is 1.75. The highest BCUT2D eigenvalue weighted by molar-refractivity contribution is 5.45. The molecule has 3 heteroatoms. The Bertz CT molecular complexity index is 624. The minimum atomic E-state index is 0.124. The van der Waals surface area contributed by atoms with Gasteiger partial charge in [-0.25, -0.2) is 0 Å². The number of benzene rings is 2. The molecule has 110 valence electrons. The number of hydrogen-bond donors (Lipinski definition) is 2. The molecule has 0 aliphatic carbocycles. The number of para-hydroxylation sites is 1. The Morgan fingerprint density at radius 2 is 2.10 bits per heavy atom. The lowest BCUT2D eigenvalue weighted by Gasteiger charge is -2.19. The van der Waals surface area contributed by atoms with Gasteiger partial charge < -0.3 is 4.74 Å². The zero-order valence-electron chi connectivity index (χ0n) is 12.4. The summed E-state index contributed by atoms with van der Waals surface area (Å²) in [6.07, 6.45) is 2.96. The van der Waals surface area contributed by atoms with E-state index in [0.717, 1.165) is 31.6 Å². The molecule has 1 unspecified atom stereocenters. The summed E-state index contributed by atoms with van der Waals surface area (Å²) in [5.74, 6) is 6.82. The third-order valence-electron chi connectivity index (χ3n) is 4.13. The van der Waals surface area contributed by atoms with Gasteiger partial charge in [0.15, 0.2) is 0 Å². The fourth-order valence-corrected chi connectivity index (χ4v) is 3.02. The molecule has 21 heavy (non-hydrogen) atoms. The molecular weight excluding hydrogens is 260 g/mol. The molecule has 2 aromatic carbocycles. The second kappa shape index (κ2) is 6.29. The van der Waals surface area contributed by atoms with Crippen LogP contribution in [0.1, 0.15) is 34.7 Å². The van der Waals surface area contributed by atoms with Crippen LogP contribution in [0, 0.1) is 6.92 Å². The van der Waals surface area contributed by atoms with Crippen LogP contribution in [0.3, 0.4) is 0 Å². The second-order valence-electron chi connectivity index (χ2n) is 5.68. The Morgan fingerprint density at radius 3 is 2.90 bits per heavy atom. The lowest BCUT2D eigenvalue weighted by molar-refractivity contribution is 0.347. The fraction of sp³-hybridized carbons (Fsp3) is 0.333. The van der Waals surface area contributed by atoms with Crippen molar-refractivity contribution in [1.82, 2.24) is 5.43 Å². The van der Waals surface area contributed by atoms with E-state index in [0.29, 0.717) is 0 Å². The van der Waals surface area contributed by atoms with Crippen molar-refractivity contribution in [1.29, 1.82) is 0 Å². The molecule has 3 rings (SSSR count). The summed E-state index contributed by atoms with van der Waals surface area (Å²) in [7, 11) is 0. The van der Waals surface area contributed by atoms with E-state index in [9.17, 15) is 0 Å². The topological polar surface area (TPSA) is 47.3 Å². The summed E-state index contributed by atoms with van der Waals surface area (Å²) in [6.45, 7) is 2.90. The van der Waals surface area contributed by atoms with Crippen molar-refractivity contribution in [2.45, 2.75) is 32.2 Å². The lowest BCUT2D eigenvalue weighted by atomic mass is 9.96. The van der Waals surface area contributed by atoms with Crippen LogP contribution >= 0.6 is 0 Å². The standard InChI is InChI=1S/C18H22N2O/c1-13-4-2-5-14(12-13)8-9-17(20-19)16-7-3-6-15-10-11-21-18(15)16/h2-7,12,17,20H,8-11,19H2,1H3. The highest BCUT2D eigenvalue weighted by Gasteiger charge is 2.21. The number of hydrazine groups is 1. The van der Waals surface area contributed by atoms with E-state index >= 15 is 0 Å². The van der Waals surface area contributed by atoms with E-state index < -0.39 is 0 Å². The number of rotatable bonds is 5. The van der Waals surface area contributed by atoms with Crippen molar-refractivity contribution in [3.05, 3.63) is 64.7 Å². The monoisotopic (exact) mass is 282 g/mol. The van der Waals surface area contributed by atoms with Crippen molar-refractivity contribution in [3.8, 4) is 5.75 Å². The minimum Gasteiger partial charge on any atom is -0.493 e. The molecule has 1 aliphatic heterocycles. The fourth-order valence-electron chi connectivity index (χ4n) is 3.02. The molecule has 0 spiro atoms. The normalized spacial score (nSPS) is 14.6. The average molecular weight is 282 g/mol. The number of fused-ring (bicyclic) bond motifs is 1. The molecule has 3 nitrogen and oxygen atoms in total.